The summed E-state index contributed by atoms with van der Waals surface area (Å²) in [6.07, 6.45) is 7.01. The fourth-order valence-electron chi connectivity index (χ4n) is 2.72. The Hall–Kier alpha value is -1.29. The van der Waals surface area contributed by atoms with Gasteiger partial charge in [0.05, 0.1) is 0 Å². The summed E-state index contributed by atoms with van der Waals surface area (Å²) in [5.41, 5.74) is 1.06. The molecule has 0 saturated carbocycles. The van der Waals surface area contributed by atoms with Crippen LogP contribution in [0.25, 0.3) is 6.08 Å². The summed E-state index contributed by atoms with van der Waals surface area (Å²) in [5.74, 6) is 0. The number of benzene rings is 1. The minimum absolute atomic E-state index is 0.00375. The van der Waals surface area contributed by atoms with E-state index in [9.17, 15) is 4.79 Å². The first kappa shape index (κ1) is 15.1. The second-order valence-corrected chi connectivity index (χ2v) is 6.29. The van der Waals surface area contributed by atoms with Crippen LogP contribution in [0.3, 0.4) is 0 Å². The Morgan fingerprint density at radius 2 is 2.05 bits per heavy atom. The van der Waals surface area contributed by atoms with Crippen molar-refractivity contribution in [3.63, 3.8) is 0 Å². The van der Waals surface area contributed by atoms with Crippen molar-refractivity contribution in [2.75, 3.05) is 0 Å². The summed E-state index contributed by atoms with van der Waals surface area (Å²) < 4.78 is 1.03. The molecule has 1 aromatic carbocycles. The van der Waals surface area contributed by atoms with Gasteiger partial charge in [-0.1, -0.05) is 28.1 Å². The zero-order valence-corrected chi connectivity index (χ0v) is 13.6. The van der Waals surface area contributed by atoms with Gasteiger partial charge in [0.1, 0.15) is 0 Å². The summed E-state index contributed by atoms with van der Waals surface area (Å²) in [7, 11) is 0. The third-order valence-electron chi connectivity index (χ3n) is 3.76. The van der Waals surface area contributed by atoms with Gasteiger partial charge in [0, 0.05) is 22.8 Å². The number of nitrogens with one attached hydrogen (secondary N) is 1. The molecule has 108 valence electrons. The van der Waals surface area contributed by atoms with Gasteiger partial charge >= 0.3 is 6.03 Å². The molecule has 1 fully saturated rings. The van der Waals surface area contributed by atoms with Crippen LogP contribution in [0, 0.1) is 0 Å². The van der Waals surface area contributed by atoms with Gasteiger partial charge < -0.3 is 10.2 Å². The van der Waals surface area contributed by atoms with Gasteiger partial charge in [0.15, 0.2) is 0 Å². The number of halogens is 1. The topological polar surface area (TPSA) is 32.3 Å². The molecule has 2 atom stereocenters. The second-order valence-electron chi connectivity index (χ2n) is 5.37. The van der Waals surface area contributed by atoms with Gasteiger partial charge in [-0.2, -0.15) is 0 Å². The molecule has 4 heteroatoms. The molecule has 0 radical (unpaired) electrons. The number of likely N-dealkylation sites (tertiary alicyclic amines) is 1. The zero-order valence-electron chi connectivity index (χ0n) is 12.0. The maximum Gasteiger partial charge on any atom is 0.321 e. The Kier molecular flexibility index (Phi) is 5.24. The number of piperidine rings is 1. The Balaban J connectivity index is 1.94. The van der Waals surface area contributed by atoms with Crippen LogP contribution in [0.4, 0.5) is 4.79 Å². The largest absolute Gasteiger partial charge is 0.321 e. The summed E-state index contributed by atoms with van der Waals surface area (Å²) >= 11 is 3.43. The Labute approximate surface area is 129 Å². The molecule has 1 heterocycles. The van der Waals surface area contributed by atoms with Crippen LogP contribution in [0.2, 0.25) is 0 Å². The van der Waals surface area contributed by atoms with Crippen molar-refractivity contribution in [2.45, 2.75) is 45.2 Å². The van der Waals surface area contributed by atoms with Gasteiger partial charge in [-0.3, -0.25) is 0 Å². The molecule has 20 heavy (non-hydrogen) atoms. The van der Waals surface area contributed by atoms with E-state index in [1.54, 1.807) is 6.20 Å². The van der Waals surface area contributed by atoms with Crippen LogP contribution in [-0.2, 0) is 0 Å². The minimum Gasteiger partial charge on any atom is -0.319 e. The van der Waals surface area contributed by atoms with Crippen molar-refractivity contribution < 1.29 is 4.79 Å². The van der Waals surface area contributed by atoms with E-state index in [0.717, 1.165) is 22.9 Å². The normalized spacial score (nSPS) is 23.1. The zero-order chi connectivity index (χ0) is 14.5. The van der Waals surface area contributed by atoms with Gasteiger partial charge in [-0.05, 0) is 56.9 Å². The minimum atomic E-state index is -0.00375. The Bertz CT molecular complexity index is 491. The number of carbonyl (C=O) groups is 1. The summed E-state index contributed by atoms with van der Waals surface area (Å²) in [6.45, 7) is 4.24. The Morgan fingerprint density at radius 1 is 1.35 bits per heavy atom. The van der Waals surface area contributed by atoms with Crippen molar-refractivity contribution in [1.82, 2.24) is 10.2 Å². The fourth-order valence-corrected chi connectivity index (χ4v) is 3.13. The standard InChI is InChI=1S/C16H21BrN2O/c1-12-5-3-6-13(2)19(12)16(20)18-10-9-14-7-4-8-15(17)11-14/h4,7-13H,3,5-6H2,1-2H3,(H,18,20)/b10-9+. The molecule has 0 spiro atoms. The lowest BCUT2D eigenvalue weighted by molar-refractivity contribution is 0.126. The fraction of sp³-hybridized carbons (Fsp3) is 0.438. The average molecular weight is 337 g/mol. The number of nitrogens with zero attached hydrogens (tertiary/aromatic N) is 1. The first-order valence-corrected chi connectivity index (χ1v) is 7.88. The average Bonchev–Trinajstić information content (AvgIpc) is 2.38. The smallest absolute Gasteiger partial charge is 0.319 e. The van der Waals surface area contributed by atoms with Crippen molar-refractivity contribution in [3.05, 3.63) is 40.5 Å². The van der Waals surface area contributed by atoms with Crippen LogP contribution >= 0.6 is 15.9 Å². The third kappa shape index (κ3) is 3.85. The lowest BCUT2D eigenvalue weighted by atomic mass is 9.98. The summed E-state index contributed by atoms with van der Waals surface area (Å²) in [5, 5.41) is 2.87. The molecule has 0 bridgehead atoms. The highest BCUT2D eigenvalue weighted by Crippen LogP contribution is 2.22. The van der Waals surface area contributed by atoms with E-state index in [-0.39, 0.29) is 6.03 Å². The predicted octanol–water partition coefficient (Wildman–Crippen LogP) is 4.39. The molecule has 2 rings (SSSR count). The van der Waals surface area contributed by atoms with Crippen LogP contribution < -0.4 is 5.32 Å². The SMILES string of the molecule is CC1CCCC(C)N1C(=O)N/C=C/c1cccc(Br)c1. The van der Waals surface area contributed by atoms with E-state index in [4.69, 9.17) is 0 Å². The van der Waals surface area contributed by atoms with E-state index < -0.39 is 0 Å². The third-order valence-corrected chi connectivity index (χ3v) is 4.25. The number of carbonyl (C=O) groups excluding carboxylic acids is 1. The highest BCUT2D eigenvalue weighted by Gasteiger charge is 2.28. The lowest BCUT2D eigenvalue weighted by Gasteiger charge is -2.38. The molecule has 0 aromatic heterocycles. The van der Waals surface area contributed by atoms with Gasteiger partial charge in [-0.15, -0.1) is 0 Å². The van der Waals surface area contributed by atoms with Crippen LogP contribution in [0.15, 0.2) is 34.9 Å². The molecular formula is C16H21BrN2O. The van der Waals surface area contributed by atoms with Crippen molar-refractivity contribution >= 4 is 28.0 Å². The predicted molar refractivity (Wildman–Crippen MR) is 86.3 cm³/mol. The number of amides is 2. The second kappa shape index (κ2) is 6.93. The summed E-state index contributed by atoms with van der Waals surface area (Å²) in [4.78, 5) is 14.2. The molecule has 2 amide bonds. The van der Waals surface area contributed by atoms with E-state index in [1.807, 2.05) is 35.2 Å². The molecule has 1 aliphatic heterocycles. The number of urea groups is 1. The monoisotopic (exact) mass is 336 g/mol. The maximum absolute atomic E-state index is 12.2. The van der Waals surface area contributed by atoms with Gasteiger partial charge in [0.2, 0.25) is 0 Å². The van der Waals surface area contributed by atoms with E-state index in [1.165, 1.54) is 6.42 Å². The molecular weight excluding hydrogens is 316 g/mol. The van der Waals surface area contributed by atoms with Crippen molar-refractivity contribution in [2.24, 2.45) is 0 Å². The van der Waals surface area contributed by atoms with Crippen molar-refractivity contribution in [1.29, 1.82) is 0 Å². The number of rotatable bonds is 2. The number of hydrogen-bond donors (Lipinski definition) is 1. The summed E-state index contributed by atoms with van der Waals surface area (Å²) in [6, 6.07) is 8.59. The van der Waals surface area contributed by atoms with Crippen LogP contribution in [0.1, 0.15) is 38.7 Å². The highest BCUT2D eigenvalue weighted by molar-refractivity contribution is 9.10. The molecule has 1 N–H and O–H groups in total. The van der Waals surface area contributed by atoms with E-state index in [0.29, 0.717) is 12.1 Å². The lowest BCUT2D eigenvalue weighted by Crippen LogP contribution is -2.50. The molecule has 2 unspecified atom stereocenters. The number of hydrogen-bond acceptors (Lipinski definition) is 1. The van der Waals surface area contributed by atoms with Crippen LogP contribution in [-0.4, -0.2) is 23.0 Å². The first-order valence-electron chi connectivity index (χ1n) is 7.09. The quantitative estimate of drug-likeness (QED) is 0.853. The van der Waals surface area contributed by atoms with Gasteiger partial charge in [0.25, 0.3) is 0 Å². The molecule has 0 aliphatic carbocycles. The first-order chi connectivity index (χ1) is 9.58. The highest BCUT2D eigenvalue weighted by atomic mass is 79.9. The van der Waals surface area contributed by atoms with E-state index >= 15 is 0 Å². The molecule has 1 saturated heterocycles. The molecule has 1 aromatic rings. The van der Waals surface area contributed by atoms with Crippen LogP contribution in [0.5, 0.6) is 0 Å². The molecule has 1 aliphatic rings. The maximum atomic E-state index is 12.2. The Morgan fingerprint density at radius 3 is 2.70 bits per heavy atom. The molecule has 3 nitrogen and oxygen atoms in total. The van der Waals surface area contributed by atoms with Gasteiger partial charge in [-0.25, -0.2) is 4.79 Å². The van der Waals surface area contributed by atoms with Crippen molar-refractivity contribution in [3.8, 4) is 0 Å². The van der Waals surface area contributed by atoms with E-state index in [2.05, 4.69) is 35.1 Å².